The van der Waals surface area contributed by atoms with Crippen LogP contribution in [0, 0.1) is 13.8 Å². The lowest BCUT2D eigenvalue weighted by atomic mass is 10.1. The molecule has 0 aliphatic carbocycles. The minimum atomic E-state index is 0. The van der Waals surface area contributed by atoms with E-state index < -0.39 is 0 Å². The maximum atomic E-state index is 4.83. The van der Waals surface area contributed by atoms with E-state index in [1.165, 1.54) is 16.0 Å². The molecule has 1 aliphatic heterocycles. The van der Waals surface area contributed by atoms with Crippen molar-refractivity contribution in [3.63, 3.8) is 0 Å². The standard InChI is InChI=1S/C16H16N2S.ClH/c1-11-10-19-15(12(11)2)14-8-9-17-16(18-14)13-6-4-3-5-7-13;/h3-10,14H,1-2H3,(H,17,18);1H. The van der Waals surface area contributed by atoms with Crippen molar-refractivity contribution in [3.05, 3.63) is 69.6 Å². The molecule has 2 nitrogen and oxygen atoms in total. The molecule has 1 N–H and O–H groups in total. The molecule has 0 saturated carbocycles. The molecule has 3 rings (SSSR count). The summed E-state index contributed by atoms with van der Waals surface area (Å²) in [6.07, 6.45) is 4.11. The lowest BCUT2D eigenvalue weighted by molar-refractivity contribution is 0.883. The van der Waals surface area contributed by atoms with Gasteiger partial charge in [0.1, 0.15) is 11.9 Å². The lowest BCUT2D eigenvalue weighted by Gasteiger charge is -2.17. The van der Waals surface area contributed by atoms with E-state index in [0.717, 1.165) is 11.4 Å². The number of halogens is 1. The van der Waals surface area contributed by atoms with Gasteiger partial charge in [-0.3, -0.25) is 4.99 Å². The highest BCUT2D eigenvalue weighted by Gasteiger charge is 2.17. The lowest BCUT2D eigenvalue weighted by Crippen LogP contribution is -2.23. The van der Waals surface area contributed by atoms with Crippen molar-refractivity contribution in [2.24, 2.45) is 4.99 Å². The molecule has 0 fully saturated rings. The van der Waals surface area contributed by atoms with Gasteiger partial charge in [-0.1, -0.05) is 30.3 Å². The van der Waals surface area contributed by atoms with Gasteiger partial charge in [-0.05, 0) is 36.4 Å². The fourth-order valence-electron chi connectivity index (χ4n) is 2.15. The van der Waals surface area contributed by atoms with Gasteiger partial charge in [0.05, 0.1) is 0 Å². The summed E-state index contributed by atoms with van der Waals surface area (Å²) in [6.45, 7) is 4.33. The smallest absolute Gasteiger partial charge is 0.133 e. The first-order valence-corrected chi connectivity index (χ1v) is 7.24. The molecule has 104 valence electrons. The van der Waals surface area contributed by atoms with Gasteiger partial charge >= 0.3 is 0 Å². The zero-order chi connectivity index (χ0) is 13.2. The summed E-state index contributed by atoms with van der Waals surface area (Å²) in [6, 6.07) is 10.4. The Balaban J connectivity index is 0.00000147. The summed E-state index contributed by atoms with van der Waals surface area (Å²) < 4.78 is 0. The quantitative estimate of drug-likeness (QED) is 0.874. The van der Waals surface area contributed by atoms with Crippen LogP contribution in [0.1, 0.15) is 27.6 Å². The normalized spacial score (nSPS) is 17.1. The molecular weight excluding hydrogens is 288 g/mol. The van der Waals surface area contributed by atoms with Crippen molar-refractivity contribution in [2.45, 2.75) is 19.9 Å². The molecule has 1 aromatic heterocycles. The van der Waals surface area contributed by atoms with E-state index in [1.807, 2.05) is 24.4 Å². The topological polar surface area (TPSA) is 24.4 Å². The van der Waals surface area contributed by atoms with Gasteiger partial charge in [0, 0.05) is 16.6 Å². The molecule has 1 aromatic carbocycles. The number of nitrogens with one attached hydrogen (secondary N) is 1. The first kappa shape index (κ1) is 14.8. The predicted molar refractivity (Wildman–Crippen MR) is 89.0 cm³/mol. The predicted octanol–water partition coefficient (Wildman–Crippen LogP) is 4.39. The second kappa shape index (κ2) is 6.25. The summed E-state index contributed by atoms with van der Waals surface area (Å²) >= 11 is 1.79. The second-order valence-corrected chi connectivity index (χ2v) is 5.61. The van der Waals surface area contributed by atoms with Crippen LogP contribution in [-0.4, -0.2) is 5.84 Å². The van der Waals surface area contributed by atoms with Gasteiger partial charge in [-0.15, -0.1) is 23.7 Å². The molecule has 20 heavy (non-hydrogen) atoms. The summed E-state index contributed by atoms with van der Waals surface area (Å²) in [4.78, 5) is 6.16. The molecule has 2 aromatic rings. The maximum absolute atomic E-state index is 4.83. The zero-order valence-electron chi connectivity index (χ0n) is 11.5. The number of nitrogens with zero attached hydrogens (tertiary/aromatic N) is 1. The molecule has 0 saturated heterocycles. The van der Waals surface area contributed by atoms with E-state index >= 15 is 0 Å². The Morgan fingerprint density at radius 3 is 2.55 bits per heavy atom. The number of hydrogen-bond donors (Lipinski definition) is 1. The van der Waals surface area contributed by atoms with Crippen LogP contribution in [0.25, 0.3) is 0 Å². The first-order valence-electron chi connectivity index (χ1n) is 6.37. The molecule has 0 bridgehead atoms. The molecule has 2 heterocycles. The molecule has 1 atom stereocenters. The average molecular weight is 305 g/mol. The van der Waals surface area contributed by atoms with Crippen molar-refractivity contribution < 1.29 is 0 Å². The molecule has 1 unspecified atom stereocenters. The molecule has 1 aliphatic rings. The van der Waals surface area contributed by atoms with E-state index in [-0.39, 0.29) is 18.4 Å². The van der Waals surface area contributed by atoms with Gasteiger partial charge in [-0.25, -0.2) is 0 Å². The number of amidine groups is 1. The zero-order valence-corrected chi connectivity index (χ0v) is 13.1. The summed E-state index contributed by atoms with van der Waals surface area (Å²) in [7, 11) is 0. The third kappa shape index (κ3) is 2.79. The van der Waals surface area contributed by atoms with Crippen molar-refractivity contribution in [3.8, 4) is 0 Å². The summed E-state index contributed by atoms with van der Waals surface area (Å²) in [5.41, 5.74) is 3.84. The van der Waals surface area contributed by atoms with Gasteiger partial charge in [0.2, 0.25) is 0 Å². The Morgan fingerprint density at radius 1 is 1.15 bits per heavy atom. The third-order valence-corrected chi connectivity index (χ3v) is 4.68. The number of hydrogen-bond acceptors (Lipinski definition) is 3. The van der Waals surface area contributed by atoms with Crippen LogP contribution in [0.5, 0.6) is 0 Å². The van der Waals surface area contributed by atoms with Gasteiger partial charge in [0.25, 0.3) is 0 Å². The van der Waals surface area contributed by atoms with Crippen LogP contribution >= 0.6 is 23.7 Å². The van der Waals surface area contributed by atoms with Crippen LogP contribution in [-0.2, 0) is 0 Å². The van der Waals surface area contributed by atoms with E-state index in [1.54, 1.807) is 11.3 Å². The van der Waals surface area contributed by atoms with E-state index in [9.17, 15) is 0 Å². The molecule has 0 amide bonds. The summed E-state index contributed by atoms with van der Waals surface area (Å²) in [5.74, 6) is 0.943. The van der Waals surface area contributed by atoms with Gasteiger partial charge in [0.15, 0.2) is 0 Å². The van der Waals surface area contributed by atoms with Crippen molar-refractivity contribution in [2.75, 3.05) is 0 Å². The fraction of sp³-hybridized carbons (Fsp3) is 0.188. The molecule has 0 spiro atoms. The first-order chi connectivity index (χ1) is 9.25. The minimum absolute atomic E-state index is 0. The Kier molecular flexibility index (Phi) is 4.63. The number of benzene rings is 1. The van der Waals surface area contributed by atoms with Crippen LogP contribution in [0.3, 0.4) is 0 Å². The average Bonchev–Trinajstić information content (AvgIpc) is 2.80. The van der Waals surface area contributed by atoms with Crippen LogP contribution < -0.4 is 5.32 Å². The molecular formula is C16H17ClN2S. The highest BCUT2D eigenvalue weighted by atomic mass is 35.5. The van der Waals surface area contributed by atoms with Crippen molar-refractivity contribution in [1.82, 2.24) is 5.32 Å². The highest BCUT2D eigenvalue weighted by molar-refractivity contribution is 7.10. The highest BCUT2D eigenvalue weighted by Crippen LogP contribution is 2.31. The minimum Gasteiger partial charge on any atom is -0.347 e. The van der Waals surface area contributed by atoms with Crippen LogP contribution in [0.4, 0.5) is 0 Å². The fourth-order valence-corrected chi connectivity index (χ4v) is 3.24. The Morgan fingerprint density at radius 2 is 1.90 bits per heavy atom. The maximum Gasteiger partial charge on any atom is 0.133 e. The largest absolute Gasteiger partial charge is 0.347 e. The molecule has 0 radical (unpaired) electrons. The van der Waals surface area contributed by atoms with E-state index in [4.69, 9.17) is 4.99 Å². The molecule has 4 heteroatoms. The SMILES string of the molecule is Cc1csc(C2C=CNC(c3ccccc3)=N2)c1C.Cl. The van der Waals surface area contributed by atoms with Crippen molar-refractivity contribution >= 4 is 29.6 Å². The van der Waals surface area contributed by atoms with Gasteiger partial charge < -0.3 is 5.32 Å². The number of aryl methyl sites for hydroxylation is 1. The Hall–Kier alpha value is -1.58. The van der Waals surface area contributed by atoms with Crippen LogP contribution in [0.2, 0.25) is 0 Å². The third-order valence-electron chi connectivity index (χ3n) is 3.41. The summed E-state index contributed by atoms with van der Waals surface area (Å²) in [5, 5.41) is 5.44. The monoisotopic (exact) mass is 304 g/mol. The van der Waals surface area contributed by atoms with E-state index in [0.29, 0.717) is 0 Å². The second-order valence-electron chi connectivity index (χ2n) is 4.70. The van der Waals surface area contributed by atoms with Gasteiger partial charge in [-0.2, -0.15) is 0 Å². The van der Waals surface area contributed by atoms with Crippen molar-refractivity contribution in [1.29, 1.82) is 0 Å². The number of rotatable bonds is 2. The number of aliphatic imine (C=N–C) groups is 1. The Bertz CT molecular complexity index is 644. The van der Waals surface area contributed by atoms with Crippen LogP contribution in [0.15, 0.2) is 53.0 Å². The Labute approximate surface area is 129 Å². The number of thiophene rings is 1. The van der Waals surface area contributed by atoms with E-state index in [2.05, 4.69) is 42.8 Å².